The van der Waals surface area contributed by atoms with Gasteiger partial charge in [0.15, 0.2) is 0 Å². The fraction of sp³-hybridized carbons (Fsp3) is 0.429. The number of aromatic nitrogens is 1. The van der Waals surface area contributed by atoms with Crippen molar-refractivity contribution in [3.8, 4) is 0 Å². The van der Waals surface area contributed by atoms with Gasteiger partial charge in [0.25, 0.3) is 0 Å². The summed E-state index contributed by atoms with van der Waals surface area (Å²) in [7, 11) is 0. The highest BCUT2D eigenvalue weighted by molar-refractivity contribution is 6.03. The highest BCUT2D eigenvalue weighted by Gasteiger charge is 2.17. The van der Waals surface area contributed by atoms with E-state index in [0.717, 1.165) is 12.0 Å². The molecule has 1 aromatic rings. The van der Waals surface area contributed by atoms with E-state index in [-0.39, 0.29) is 11.5 Å². The lowest BCUT2D eigenvalue weighted by Crippen LogP contribution is -2.11. The molecule has 1 aromatic heterocycles. The van der Waals surface area contributed by atoms with Crippen LogP contribution in [-0.4, -0.2) is 15.9 Å². The molecular weight excluding hydrogens is 214 g/mol. The highest BCUT2D eigenvalue weighted by Crippen LogP contribution is 2.22. The quantitative estimate of drug-likeness (QED) is 0.495. The number of nitrogens with zero attached hydrogens (tertiary/aromatic N) is 1. The molecule has 1 N–H and O–H groups in total. The third kappa shape index (κ3) is 3.70. The molecule has 0 radical (unpaired) electrons. The molecule has 3 nitrogen and oxygen atoms in total. The summed E-state index contributed by atoms with van der Waals surface area (Å²) >= 11 is 0. The van der Waals surface area contributed by atoms with Crippen molar-refractivity contribution in [2.45, 2.75) is 34.1 Å². The van der Waals surface area contributed by atoms with Crippen LogP contribution in [0.2, 0.25) is 0 Å². The van der Waals surface area contributed by atoms with Crippen LogP contribution in [0.5, 0.6) is 0 Å². The van der Waals surface area contributed by atoms with Crippen LogP contribution in [0.25, 0.3) is 0 Å². The van der Waals surface area contributed by atoms with Crippen molar-refractivity contribution in [2.24, 2.45) is 5.41 Å². The molecule has 0 unspecified atom stereocenters. The number of aliphatic hydroxyl groups excluding tert-OH is 1. The zero-order valence-corrected chi connectivity index (χ0v) is 10.8. The Bertz CT molecular complexity index is 425. The van der Waals surface area contributed by atoms with Crippen molar-refractivity contribution >= 4 is 5.78 Å². The Labute approximate surface area is 102 Å². The number of ketones is 1. The molecule has 0 bridgehead atoms. The van der Waals surface area contributed by atoms with Gasteiger partial charge in [0.2, 0.25) is 5.78 Å². The lowest BCUT2D eigenvalue weighted by atomic mass is 9.93. The number of aliphatic hydroxyl groups is 1. The Hall–Kier alpha value is -1.64. The first-order valence-electron chi connectivity index (χ1n) is 5.75. The fourth-order valence-corrected chi connectivity index (χ4v) is 1.19. The Morgan fingerprint density at radius 3 is 2.47 bits per heavy atom. The van der Waals surface area contributed by atoms with E-state index in [9.17, 15) is 9.90 Å². The van der Waals surface area contributed by atoms with Crippen molar-refractivity contribution in [3.63, 3.8) is 0 Å². The van der Waals surface area contributed by atoms with Gasteiger partial charge in [0.1, 0.15) is 11.5 Å². The van der Waals surface area contributed by atoms with Gasteiger partial charge in [-0.3, -0.25) is 9.78 Å². The van der Waals surface area contributed by atoms with Crippen molar-refractivity contribution in [2.75, 3.05) is 0 Å². The van der Waals surface area contributed by atoms with Crippen LogP contribution in [0.4, 0.5) is 0 Å². The average molecular weight is 233 g/mol. The van der Waals surface area contributed by atoms with E-state index < -0.39 is 5.41 Å². The van der Waals surface area contributed by atoms with E-state index in [1.165, 1.54) is 6.08 Å². The molecule has 0 aliphatic heterocycles. The molecule has 0 aliphatic carbocycles. The molecule has 3 heteroatoms. The second-order valence-corrected chi connectivity index (χ2v) is 5.05. The maximum absolute atomic E-state index is 11.8. The zero-order chi connectivity index (χ0) is 13.1. The minimum absolute atomic E-state index is 0.0730. The minimum Gasteiger partial charge on any atom is -0.512 e. The minimum atomic E-state index is -0.418. The predicted octanol–water partition coefficient (Wildman–Crippen LogP) is 3.31. The Morgan fingerprint density at radius 2 is 2.06 bits per heavy atom. The van der Waals surface area contributed by atoms with E-state index in [2.05, 4.69) is 4.98 Å². The van der Waals surface area contributed by atoms with E-state index in [1.54, 1.807) is 12.3 Å². The van der Waals surface area contributed by atoms with Crippen LogP contribution in [0, 0.1) is 5.41 Å². The molecule has 0 amide bonds. The second-order valence-electron chi connectivity index (χ2n) is 5.05. The standard InChI is InChI=1S/C14H19NO2/c1-5-10-6-7-11(15-9-10)12(16)8-13(17)14(2,3)4/h6-9,17H,5H2,1-4H3/b13-8-. The number of hydrogen-bond acceptors (Lipinski definition) is 3. The van der Waals surface area contributed by atoms with Crippen LogP contribution in [-0.2, 0) is 6.42 Å². The first kappa shape index (κ1) is 13.4. The average Bonchev–Trinajstić information content (AvgIpc) is 2.27. The van der Waals surface area contributed by atoms with Gasteiger partial charge >= 0.3 is 0 Å². The number of allylic oxidation sites excluding steroid dienone is 2. The molecule has 17 heavy (non-hydrogen) atoms. The summed E-state index contributed by atoms with van der Waals surface area (Å²) in [6.45, 7) is 7.57. The van der Waals surface area contributed by atoms with Gasteiger partial charge in [-0.05, 0) is 18.1 Å². The molecule has 1 rings (SSSR count). The maximum atomic E-state index is 11.8. The van der Waals surface area contributed by atoms with Crippen LogP contribution in [0.3, 0.4) is 0 Å². The number of rotatable bonds is 3. The van der Waals surface area contributed by atoms with E-state index in [4.69, 9.17) is 0 Å². The highest BCUT2D eigenvalue weighted by atomic mass is 16.3. The fourth-order valence-electron chi connectivity index (χ4n) is 1.19. The summed E-state index contributed by atoms with van der Waals surface area (Å²) in [5, 5.41) is 9.73. The molecule has 0 aromatic carbocycles. The van der Waals surface area contributed by atoms with E-state index in [0.29, 0.717) is 5.69 Å². The Kier molecular flexibility index (Phi) is 4.05. The van der Waals surface area contributed by atoms with Crippen LogP contribution >= 0.6 is 0 Å². The summed E-state index contributed by atoms with van der Waals surface area (Å²) in [5.41, 5.74) is 1.03. The third-order valence-corrected chi connectivity index (χ3v) is 2.52. The number of carbonyl (C=O) groups excluding carboxylic acids is 1. The molecule has 0 spiro atoms. The van der Waals surface area contributed by atoms with Crippen molar-refractivity contribution in [1.82, 2.24) is 4.98 Å². The zero-order valence-electron chi connectivity index (χ0n) is 10.8. The van der Waals surface area contributed by atoms with E-state index >= 15 is 0 Å². The van der Waals surface area contributed by atoms with Gasteiger partial charge in [-0.15, -0.1) is 0 Å². The lowest BCUT2D eigenvalue weighted by Gasteiger charge is -2.16. The summed E-state index contributed by atoms with van der Waals surface area (Å²) in [4.78, 5) is 15.9. The topological polar surface area (TPSA) is 50.2 Å². The number of aryl methyl sites for hydroxylation is 1. The van der Waals surface area contributed by atoms with Crippen molar-refractivity contribution < 1.29 is 9.90 Å². The smallest absolute Gasteiger partial charge is 0.207 e. The number of carbonyl (C=O) groups is 1. The lowest BCUT2D eigenvalue weighted by molar-refractivity contribution is 0.103. The van der Waals surface area contributed by atoms with Crippen LogP contribution < -0.4 is 0 Å². The third-order valence-electron chi connectivity index (χ3n) is 2.52. The molecule has 0 saturated carbocycles. The van der Waals surface area contributed by atoms with Crippen LogP contribution in [0.1, 0.15) is 43.7 Å². The maximum Gasteiger partial charge on any atom is 0.207 e. The van der Waals surface area contributed by atoms with Crippen molar-refractivity contribution in [3.05, 3.63) is 41.4 Å². The number of pyridine rings is 1. The Morgan fingerprint density at radius 1 is 1.41 bits per heavy atom. The molecule has 0 fully saturated rings. The van der Waals surface area contributed by atoms with Gasteiger partial charge in [-0.1, -0.05) is 33.8 Å². The van der Waals surface area contributed by atoms with Crippen LogP contribution in [0.15, 0.2) is 30.2 Å². The van der Waals surface area contributed by atoms with Gasteiger partial charge in [-0.25, -0.2) is 0 Å². The summed E-state index contributed by atoms with van der Waals surface area (Å²) in [5.74, 6) is -0.191. The first-order valence-corrected chi connectivity index (χ1v) is 5.75. The van der Waals surface area contributed by atoms with Gasteiger partial charge in [0, 0.05) is 17.7 Å². The van der Waals surface area contributed by atoms with Gasteiger partial charge < -0.3 is 5.11 Å². The number of hydrogen-bond donors (Lipinski definition) is 1. The summed E-state index contributed by atoms with van der Waals surface area (Å²) in [6, 6.07) is 3.57. The molecular formula is C14H19NO2. The second kappa shape index (κ2) is 5.13. The predicted molar refractivity (Wildman–Crippen MR) is 68.1 cm³/mol. The molecule has 0 aliphatic rings. The molecule has 0 saturated heterocycles. The summed E-state index contributed by atoms with van der Waals surface area (Å²) in [6.07, 6.45) is 3.83. The first-order chi connectivity index (χ1) is 7.84. The van der Waals surface area contributed by atoms with Crippen molar-refractivity contribution in [1.29, 1.82) is 0 Å². The molecule has 0 atom stereocenters. The molecule has 92 valence electrons. The largest absolute Gasteiger partial charge is 0.512 e. The normalized spacial score (nSPS) is 12.6. The monoisotopic (exact) mass is 233 g/mol. The van der Waals surface area contributed by atoms with E-state index in [1.807, 2.05) is 33.8 Å². The van der Waals surface area contributed by atoms with Gasteiger partial charge in [-0.2, -0.15) is 0 Å². The molecule has 1 heterocycles. The Balaban J connectivity index is 2.90. The summed E-state index contributed by atoms with van der Waals surface area (Å²) < 4.78 is 0. The van der Waals surface area contributed by atoms with Gasteiger partial charge in [0.05, 0.1) is 0 Å². The SMILES string of the molecule is CCc1ccc(C(=O)/C=C(\O)C(C)(C)C)nc1.